The Labute approximate surface area is 165 Å². The normalized spacial score (nSPS) is 16.2. The summed E-state index contributed by atoms with van der Waals surface area (Å²) in [5, 5.41) is 13.3. The van der Waals surface area contributed by atoms with Crippen molar-refractivity contribution in [2.75, 3.05) is 19.6 Å². The standard InChI is InChI=1S/C19H25N5O2.ClH/c25-18(22-13-15-5-2-1-3-6-15)8-11-21-19(26)17-9-12-24(23-17)16-7-4-10-20-14-16;/h1-3,5-6,9,12,16,20H,4,7-8,10-11,13-14H2,(H,21,26)(H,22,25);1H. The van der Waals surface area contributed by atoms with Gasteiger partial charge in [0, 0.05) is 32.3 Å². The highest BCUT2D eigenvalue weighted by atomic mass is 35.5. The Morgan fingerprint density at radius 2 is 2.00 bits per heavy atom. The highest BCUT2D eigenvalue weighted by molar-refractivity contribution is 5.92. The lowest BCUT2D eigenvalue weighted by Crippen LogP contribution is -2.32. The minimum absolute atomic E-state index is 0. The van der Waals surface area contributed by atoms with Crippen molar-refractivity contribution >= 4 is 24.2 Å². The van der Waals surface area contributed by atoms with E-state index in [4.69, 9.17) is 0 Å². The molecule has 1 unspecified atom stereocenters. The monoisotopic (exact) mass is 391 g/mol. The van der Waals surface area contributed by atoms with Gasteiger partial charge in [0.15, 0.2) is 0 Å². The molecule has 1 saturated heterocycles. The first-order chi connectivity index (χ1) is 12.7. The maximum absolute atomic E-state index is 12.2. The fourth-order valence-corrected chi connectivity index (χ4v) is 2.99. The number of piperidine rings is 1. The van der Waals surface area contributed by atoms with Crippen LogP contribution in [-0.4, -0.2) is 41.2 Å². The third kappa shape index (κ3) is 6.37. The molecule has 1 aliphatic heterocycles. The minimum atomic E-state index is -0.247. The number of aromatic nitrogens is 2. The molecular weight excluding hydrogens is 366 g/mol. The number of benzene rings is 1. The summed E-state index contributed by atoms with van der Waals surface area (Å²) in [5.74, 6) is -0.337. The topological polar surface area (TPSA) is 88.1 Å². The molecule has 1 atom stereocenters. The van der Waals surface area contributed by atoms with Gasteiger partial charge in [-0.25, -0.2) is 0 Å². The van der Waals surface area contributed by atoms with E-state index in [0.717, 1.165) is 31.5 Å². The summed E-state index contributed by atoms with van der Waals surface area (Å²) in [6.45, 7) is 2.70. The molecule has 2 heterocycles. The third-order valence-corrected chi connectivity index (χ3v) is 4.46. The lowest BCUT2D eigenvalue weighted by atomic mass is 10.1. The van der Waals surface area contributed by atoms with Crippen molar-refractivity contribution in [1.82, 2.24) is 25.7 Å². The summed E-state index contributed by atoms with van der Waals surface area (Å²) >= 11 is 0. The quantitative estimate of drug-likeness (QED) is 0.669. The van der Waals surface area contributed by atoms with Crippen LogP contribution in [0.15, 0.2) is 42.6 Å². The third-order valence-electron chi connectivity index (χ3n) is 4.46. The van der Waals surface area contributed by atoms with Crippen molar-refractivity contribution in [3.8, 4) is 0 Å². The molecular formula is C19H26ClN5O2. The molecule has 1 aliphatic rings. The Kier molecular flexibility index (Phi) is 8.29. The van der Waals surface area contributed by atoms with Crippen molar-refractivity contribution in [1.29, 1.82) is 0 Å². The second-order valence-electron chi connectivity index (χ2n) is 6.45. The Balaban J connectivity index is 0.00000261. The first-order valence-corrected chi connectivity index (χ1v) is 9.07. The summed E-state index contributed by atoms with van der Waals surface area (Å²) in [6.07, 6.45) is 4.27. The van der Waals surface area contributed by atoms with E-state index < -0.39 is 0 Å². The predicted octanol–water partition coefficient (Wildman–Crippen LogP) is 1.67. The van der Waals surface area contributed by atoms with Crippen LogP contribution in [0.3, 0.4) is 0 Å². The smallest absolute Gasteiger partial charge is 0.271 e. The first-order valence-electron chi connectivity index (χ1n) is 9.07. The van der Waals surface area contributed by atoms with Crippen LogP contribution >= 0.6 is 12.4 Å². The number of amides is 2. The molecule has 3 N–H and O–H groups in total. The van der Waals surface area contributed by atoms with Gasteiger partial charge in [-0.1, -0.05) is 30.3 Å². The summed E-state index contributed by atoms with van der Waals surface area (Å²) < 4.78 is 1.85. The van der Waals surface area contributed by atoms with E-state index in [0.29, 0.717) is 18.3 Å². The van der Waals surface area contributed by atoms with E-state index in [1.54, 1.807) is 6.07 Å². The van der Waals surface area contributed by atoms with Crippen LogP contribution in [0.2, 0.25) is 0 Å². The molecule has 146 valence electrons. The lowest BCUT2D eigenvalue weighted by Gasteiger charge is -2.22. The summed E-state index contributed by atoms with van der Waals surface area (Å²) in [7, 11) is 0. The van der Waals surface area contributed by atoms with Gasteiger partial charge < -0.3 is 16.0 Å². The van der Waals surface area contributed by atoms with Gasteiger partial charge in [0.05, 0.1) is 6.04 Å². The molecule has 7 nitrogen and oxygen atoms in total. The van der Waals surface area contributed by atoms with Gasteiger partial charge in [-0.15, -0.1) is 12.4 Å². The van der Waals surface area contributed by atoms with E-state index in [1.807, 2.05) is 41.2 Å². The average molecular weight is 392 g/mol. The molecule has 0 bridgehead atoms. The van der Waals surface area contributed by atoms with E-state index in [2.05, 4.69) is 21.0 Å². The number of hydrogen-bond acceptors (Lipinski definition) is 4. The Hall–Kier alpha value is -2.38. The summed E-state index contributed by atoms with van der Waals surface area (Å²) in [5.41, 5.74) is 1.44. The molecule has 0 spiro atoms. The zero-order chi connectivity index (χ0) is 18.2. The molecule has 2 aromatic rings. The van der Waals surface area contributed by atoms with Crippen LogP contribution in [0.4, 0.5) is 0 Å². The second-order valence-corrected chi connectivity index (χ2v) is 6.45. The number of halogens is 1. The van der Waals surface area contributed by atoms with Gasteiger partial charge in [-0.3, -0.25) is 14.3 Å². The van der Waals surface area contributed by atoms with Crippen molar-refractivity contribution in [3.05, 3.63) is 53.9 Å². The predicted molar refractivity (Wildman–Crippen MR) is 106 cm³/mol. The van der Waals surface area contributed by atoms with Crippen LogP contribution in [0.5, 0.6) is 0 Å². The SMILES string of the molecule is Cl.O=C(CCNC(=O)c1ccn(C2CCCNC2)n1)NCc1ccccc1. The lowest BCUT2D eigenvalue weighted by molar-refractivity contribution is -0.121. The number of rotatable bonds is 7. The molecule has 1 aromatic carbocycles. The highest BCUT2D eigenvalue weighted by Crippen LogP contribution is 2.15. The van der Waals surface area contributed by atoms with Gasteiger partial charge in [-0.2, -0.15) is 5.10 Å². The van der Waals surface area contributed by atoms with E-state index in [9.17, 15) is 9.59 Å². The van der Waals surface area contributed by atoms with E-state index in [1.165, 1.54) is 0 Å². The molecule has 1 aromatic heterocycles. The molecule has 3 rings (SSSR count). The van der Waals surface area contributed by atoms with Gasteiger partial charge in [-0.05, 0) is 31.0 Å². The van der Waals surface area contributed by atoms with Crippen LogP contribution in [0, 0.1) is 0 Å². The highest BCUT2D eigenvalue weighted by Gasteiger charge is 2.17. The molecule has 0 aliphatic carbocycles. The van der Waals surface area contributed by atoms with E-state index in [-0.39, 0.29) is 37.2 Å². The van der Waals surface area contributed by atoms with Crippen LogP contribution in [0.1, 0.15) is 41.4 Å². The fourth-order valence-electron chi connectivity index (χ4n) is 2.99. The number of carbonyl (C=O) groups excluding carboxylic acids is 2. The van der Waals surface area contributed by atoms with Gasteiger partial charge in [0.1, 0.15) is 5.69 Å². The van der Waals surface area contributed by atoms with Crippen LogP contribution in [0.25, 0.3) is 0 Å². The largest absolute Gasteiger partial charge is 0.352 e. The molecule has 0 radical (unpaired) electrons. The Bertz CT molecular complexity index is 729. The van der Waals surface area contributed by atoms with Crippen molar-refractivity contribution < 1.29 is 9.59 Å². The number of nitrogens with zero attached hydrogens (tertiary/aromatic N) is 2. The average Bonchev–Trinajstić information content (AvgIpc) is 3.18. The van der Waals surface area contributed by atoms with Crippen molar-refractivity contribution in [3.63, 3.8) is 0 Å². The number of carbonyl (C=O) groups is 2. The van der Waals surface area contributed by atoms with Gasteiger partial charge >= 0.3 is 0 Å². The number of hydrogen-bond donors (Lipinski definition) is 3. The van der Waals surface area contributed by atoms with Crippen molar-refractivity contribution in [2.24, 2.45) is 0 Å². The zero-order valence-corrected chi connectivity index (χ0v) is 16.0. The second kappa shape index (κ2) is 10.7. The molecule has 2 amide bonds. The fraction of sp³-hybridized carbons (Fsp3) is 0.421. The molecule has 0 saturated carbocycles. The minimum Gasteiger partial charge on any atom is -0.352 e. The number of nitrogens with one attached hydrogen (secondary N) is 3. The van der Waals surface area contributed by atoms with Crippen LogP contribution in [-0.2, 0) is 11.3 Å². The molecule has 1 fully saturated rings. The van der Waals surface area contributed by atoms with Crippen molar-refractivity contribution in [2.45, 2.75) is 31.8 Å². The Morgan fingerprint density at radius 3 is 2.74 bits per heavy atom. The Morgan fingerprint density at radius 1 is 1.19 bits per heavy atom. The summed E-state index contributed by atoms with van der Waals surface area (Å²) in [6, 6.07) is 11.7. The van der Waals surface area contributed by atoms with Gasteiger partial charge in [0.2, 0.25) is 5.91 Å². The van der Waals surface area contributed by atoms with Gasteiger partial charge in [0.25, 0.3) is 5.91 Å². The van der Waals surface area contributed by atoms with E-state index >= 15 is 0 Å². The maximum atomic E-state index is 12.2. The van der Waals surface area contributed by atoms with Crippen LogP contribution < -0.4 is 16.0 Å². The maximum Gasteiger partial charge on any atom is 0.271 e. The molecule has 8 heteroatoms. The molecule has 27 heavy (non-hydrogen) atoms. The summed E-state index contributed by atoms with van der Waals surface area (Å²) in [4.78, 5) is 24.0. The zero-order valence-electron chi connectivity index (χ0n) is 15.2. The first kappa shape index (κ1) is 20.9.